The lowest BCUT2D eigenvalue weighted by Gasteiger charge is -2.25. The normalized spacial score (nSPS) is 11.5. The van der Waals surface area contributed by atoms with Gasteiger partial charge in [0.2, 0.25) is 0 Å². The first-order valence-corrected chi connectivity index (χ1v) is 6.93. The number of likely N-dealkylation sites (N-methyl/N-ethyl adjacent to an activating group) is 1. The van der Waals surface area contributed by atoms with Gasteiger partial charge in [-0.15, -0.1) is 0 Å². The van der Waals surface area contributed by atoms with E-state index >= 15 is 0 Å². The lowest BCUT2D eigenvalue weighted by molar-refractivity contribution is 0.0368. The highest BCUT2D eigenvalue weighted by Gasteiger charge is 2.24. The number of H-pyrrole nitrogens is 1. The molecule has 0 saturated carbocycles. The smallest absolute Gasteiger partial charge is 0.257 e. The Bertz CT molecular complexity index is 646. The van der Waals surface area contributed by atoms with Gasteiger partial charge >= 0.3 is 0 Å². The van der Waals surface area contributed by atoms with Crippen LogP contribution in [0.4, 0.5) is 0 Å². The summed E-state index contributed by atoms with van der Waals surface area (Å²) in [4.78, 5) is 14.0. The number of halogens is 1. The van der Waals surface area contributed by atoms with Crippen molar-refractivity contribution >= 4 is 17.5 Å². The third-order valence-electron chi connectivity index (χ3n) is 2.98. The number of nitrogens with zero attached hydrogens (tertiary/aromatic N) is 2. The first-order valence-electron chi connectivity index (χ1n) is 6.56. The van der Waals surface area contributed by atoms with Crippen molar-refractivity contribution in [1.82, 2.24) is 15.1 Å². The number of benzene rings is 1. The molecule has 0 aliphatic carbocycles. The molecule has 0 spiro atoms. The van der Waals surface area contributed by atoms with Crippen LogP contribution in [-0.2, 0) is 0 Å². The van der Waals surface area contributed by atoms with Crippen LogP contribution >= 0.6 is 11.6 Å². The number of amides is 1. The predicted octanol–water partition coefficient (Wildman–Crippen LogP) is 2.57. The second-order valence-corrected chi connectivity index (χ2v) is 6.02. The molecule has 0 aliphatic rings. The molecule has 2 N–H and O–H groups in total. The van der Waals surface area contributed by atoms with E-state index in [0.717, 1.165) is 5.56 Å². The van der Waals surface area contributed by atoms with E-state index < -0.39 is 5.60 Å². The van der Waals surface area contributed by atoms with E-state index in [1.807, 2.05) is 18.2 Å². The Morgan fingerprint density at radius 2 is 2.10 bits per heavy atom. The van der Waals surface area contributed by atoms with E-state index in [1.165, 1.54) is 11.1 Å². The molecule has 0 radical (unpaired) electrons. The Labute approximate surface area is 128 Å². The number of aromatic nitrogens is 2. The summed E-state index contributed by atoms with van der Waals surface area (Å²) in [6.07, 6.45) is 1.47. The molecule has 112 valence electrons. The monoisotopic (exact) mass is 307 g/mol. The van der Waals surface area contributed by atoms with Crippen LogP contribution in [-0.4, -0.2) is 45.3 Å². The number of carbonyl (C=O) groups excluding carboxylic acids is 1. The van der Waals surface area contributed by atoms with Crippen molar-refractivity contribution in [2.75, 3.05) is 13.6 Å². The van der Waals surface area contributed by atoms with Gasteiger partial charge in [0, 0.05) is 24.2 Å². The third kappa shape index (κ3) is 3.62. The summed E-state index contributed by atoms with van der Waals surface area (Å²) in [7, 11) is 1.64. The van der Waals surface area contributed by atoms with Crippen LogP contribution in [0.5, 0.6) is 0 Å². The third-order valence-corrected chi connectivity index (χ3v) is 3.31. The molecule has 2 aromatic rings. The molecular weight excluding hydrogens is 290 g/mol. The van der Waals surface area contributed by atoms with E-state index in [9.17, 15) is 9.90 Å². The molecule has 2 rings (SSSR count). The van der Waals surface area contributed by atoms with Crippen molar-refractivity contribution in [3.63, 3.8) is 0 Å². The molecule has 0 fully saturated rings. The molecule has 1 heterocycles. The van der Waals surface area contributed by atoms with Crippen LogP contribution in [0.1, 0.15) is 24.2 Å². The van der Waals surface area contributed by atoms with Gasteiger partial charge in [0.25, 0.3) is 5.91 Å². The molecule has 21 heavy (non-hydrogen) atoms. The lowest BCUT2D eigenvalue weighted by atomic mass is 10.1. The maximum absolute atomic E-state index is 12.5. The van der Waals surface area contributed by atoms with Crippen molar-refractivity contribution in [3.8, 4) is 11.3 Å². The van der Waals surface area contributed by atoms with Crippen molar-refractivity contribution in [2.24, 2.45) is 0 Å². The van der Waals surface area contributed by atoms with Crippen LogP contribution in [0.3, 0.4) is 0 Å². The molecular formula is C15H18ClN3O2. The molecule has 5 nitrogen and oxygen atoms in total. The number of carbonyl (C=O) groups is 1. The molecule has 0 unspecified atom stereocenters. The molecule has 0 aliphatic heterocycles. The zero-order valence-corrected chi connectivity index (χ0v) is 13.0. The molecule has 1 aromatic heterocycles. The van der Waals surface area contributed by atoms with Crippen LogP contribution < -0.4 is 0 Å². The standard InChI is InChI=1S/C15H18ClN3O2/c1-15(2,21)9-19(3)14(20)11-8-17-18-13(11)10-6-4-5-7-12(10)16/h4-8,21H,9H2,1-3H3,(H,17,18). The summed E-state index contributed by atoms with van der Waals surface area (Å²) in [5, 5.41) is 17.1. The van der Waals surface area contributed by atoms with Crippen molar-refractivity contribution in [3.05, 3.63) is 41.0 Å². The molecule has 1 amide bonds. The fourth-order valence-electron chi connectivity index (χ4n) is 2.18. The summed E-state index contributed by atoms with van der Waals surface area (Å²) in [5.74, 6) is -0.221. The largest absolute Gasteiger partial charge is 0.389 e. The summed E-state index contributed by atoms with van der Waals surface area (Å²) in [6, 6.07) is 7.25. The first kappa shape index (κ1) is 15.5. The lowest BCUT2D eigenvalue weighted by Crippen LogP contribution is -2.39. The second-order valence-electron chi connectivity index (χ2n) is 5.61. The number of aliphatic hydroxyl groups is 1. The second kappa shape index (κ2) is 5.87. The van der Waals surface area contributed by atoms with Gasteiger partial charge in [-0.25, -0.2) is 0 Å². The van der Waals surface area contributed by atoms with Crippen molar-refractivity contribution in [1.29, 1.82) is 0 Å². The molecule has 0 bridgehead atoms. The highest BCUT2D eigenvalue weighted by atomic mass is 35.5. The fourth-order valence-corrected chi connectivity index (χ4v) is 2.41. The summed E-state index contributed by atoms with van der Waals surface area (Å²) < 4.78 is 0. The Morgan fingerprint density at radius 3 is 2.71 bits per heavy atom. The van der Waals surface area contributed by atoms with Crippen LogP contribution in [0.2, 0.25) is 5.02 Å². The van der Waals surface area contributed by atoms with Gasteiger partial charge < -0.3 is 10.0 Å². The fraction of sp³-hybridized carbons (Fsp3) is 0.333. The summed E-state index contributed by atoms with van der Waals surface area (Å²) >= 11 is 6.17. The SMILES string of the molecule is CN(CC(C)(C)O)C(=O)c1cn[nH]c1-c1ccccc1Cl. The molecule has 0 atom stereocenters. The van der Waals surface area contributed by atoms with Crippen LogP contribution in [0.15, 0.2) is 30.5 Å². The molecule has 0 saturated heterocycles. The number of hydrogen-bond acceptors (Lipinski definition) is 3. The van der Waals surface area contributed by atoms with Gasteiger partial charge in [-0.2, -0.15) is 5.10 Å². The summed E-state index contributed by atoms with van der Waals surface area (Å²) in [5.41, 5.74) is 0.762. The van der Waals surface area contributed by atoms with Gasteiger partial charge in [-0.1, -0.05) is 29.8 Å². The van der Waals surface area contributed by atoms with E-state index in [-0.39, 0.29) is 12.5 Å². The molecule has 1 aromatic carbocycles. The zero-order valence-electron chi connectivity index (χ0n) is 12.2. The topological polar surface area (TPSA) is 69.2 Å². The molecule has 6 heteroatoms. The minimum atomic E-state index is -0.960. The van der Waals surface area contributed by atoms with Gasteiger partial charge in [0.1, 0.15) is 0 Å². The summed E-state index contributed by atoms with van der Waals surface area (Å²) in [6.45, 7) is 3.53. The van der Waals surface area contributed by atoms with E-state index in [4.69, 9.17) is 11.6 Å². The first-order chi connectivity index (χ1) is 9.79. The minimum absolute atomic E-state index is 0.221. The zero-order chi connectivity index (χ0) is 15.6. The highest BCUT2D eigenvalue weighted by Crippen LogP contribution is 2.29. The quantitative estimate of drug-likeness (QED) is 0.912. The average Bonchev–Trinajstić information content (AvgIpc) is 2.85. The number of rotatable bonds is 4. The number of hydrogen-bond donors (Lipinski definition) is 2. The maximum Gasteiger partial charge on any atom is 0.257 e. The predicted molar refractivity (Wildman–Crippen MR) is 82.3 cm³/mol. The average molecular weight is 308 g/mol. The Hall–Kier alpha value is -1.85. The van der Waals surface area contributed by atoms with E-state index in [1.54, 1.807) is 27.0 Å². The highest BCUT2D eigenvalue weighted by molar-refractivity contribution is 6.33. The van der Waals surface area contributed by atoms with E-state index in [2.05, 4.69) is 10.2 Å². The van der Waals surface area contributed by atoms with Crippen molar-refractivity contribution in [2.45, 2.75) is 19.4 Å². The maximum atomic E-state index is 12.5. The Kier molecular flexibility index (Phi) is 4.34. The van der Waals surface area contributed by atoms with Gasteiger partial charge in [-0.05, 0) is 19.9 Å². The van der Waals surface area contributed by atoms with Crippen molar-refractivity contribution < 1.29 is 9.90 Å². The number of nitrogens with one attached hydrogen (secondary N) is 1. The Morgan fingerprint density at radius 1 is 1.43 bits per heavy atom. The Balaban J connectivity index is 2.33. The van der Waals surface area contributed by atoms with Gasteiger partial charge in [0.05, 0.1) is 23.1 Å². The van der Waals surface area contributed by atoms with Crippen LogP contribution in [0, 0.1) is 0 Å². The van der Waals surface area contributed by atoms with E-state index in [0.29, 0.717) is 16.3 Å². The van der Waals surface area contributed by atoms with Gasteiger partial charge in [0.15, 0.2) is 0 Å². The minimum Gasteiger partial charge on any atom is -0.389 e. The number of aromatic amines is 1. The van der Waals surface area contributed by atoms with Gasteiger partial charge in [-0.3, -0.25) is 9.89 Å². The van der Waals surface area contributed by atoms with Crippen LogP contribution in [0.25, 0.3) is 11.3 Å².